The monoisotopic (exact) mass is 327 g/mol. The second kappa shape index (κ2) is 3.96. The number of fused-ring (bicyclic) bond motifs is 5. The van der Waals surface area contributed by atoms with Crippen molar-refractivity contribution in [1.29, 1.82) is 0 Å². The summed E-state index contributed by atoms with van der Waals surface area (Å²) in [6, 6.07) is 13.7. The van der Waals surface area contributed by atoms with Crippen LogP contribution in [0.25, 0.3) is 16.6 Å². The highest BCUT2D eigenvalue weighted by Crippen LogP contribution is 2.42. The molecule has 20 heavy (non-hydrogen) atoms. The molecule has 2 heterocycles. The SMILES string of the molecule is COc1cccc2c1C(=O)c1c(Br)c3ccccc3n1-2. The standard InChI is InChI=1S/C16H10BrNO2/c1-20-12-8-4-7-11-13(12)16(19)15-14(17)9-5-2-3-6-10(9)18(11)15/h2-8H,1H3. The van der Waals surface area contributed by atoms with Crippen molar-refractivity contribution in [3.63, 3.8) is 0 Å². The first-order chi connectivity index (χ1) is 9.74. The normalized spacial score (nSPS) is 12.6. The topological polar surface area (TPSA) is 31.2 Å². The van der Waals surface area contributed by atoms with Gasteiger partial charge in [0, 0.05) is 5.39 Å². The average Bonchev–Trinajstić information content (AvgIpc) is 2.95. The van der Waals surface area contributed by atoms with Gasteiger partial charge in [-0.3, -0.25) is 4.79 Å². The van der Waals surface area contributed by atoms with Crippen LogP contribution in [0.1, 0.15) is 16.1 Å². The van der Waals surface area contributed by atoms with Crippen LogP contribution in [-0.2, 0) is 0 Å². The minimum absolute atomic E-state index is 0.000486. The van der Waals surface area contributed by atoms with E-state index in [9.17, 15) is 4.79 Å². The number of hydrogen-bond donors (Lipinski definition) is 0. The fraction of sp³-hybridized carbons (Fsp3) is 0.0625. The van der Waals surface area contributed by atoms with Gasteiger partial charge in [-0.2, -0.15) is 0 Å². The van der Waals surface area contributed by atoms with Gasteiger partial charge < -0.3 is 9.30 Å². The number of ketones is 1. The van der Waals surface area contributed by atoms with E-state index in [1.165, 1.54) is 0 Å². The second-order valence-electron chi connectivity index (χ2n) is 4.70. The number of hydrogen-bond acceptors (Lipinski definition) is 2. The number of aromatic nitrogens is 1. The summed E-state index contributed by atoms with van der Waals surface area (Å²) < 4.78 is 8.17. The van der Waals surface area contributed by atoms with E-state index < -0.39 is 0 Å². The molecule has 0 saturated heterocycles. The van der Waals surface area contributed by atoms with Gasteiger partial charge in [-0.25, -0.2) is 0 Å². The van der Waals surface area contributed by atoms with E-state index in [2.05, 4.69) is 15.9 Å². The van der Waals surface area contributed by atoms with Gasteiger partial charge in [0.1, 0.15) is 11.4 Å². The highest BCUT2D eigenvalue weighted by molar-refractivity contribution is 9.10. The summed E-state index contributed by atoms with van der Waals surface area (Å²) in [5.41, 5.74) is 3.21. The van der Waals surface area contributed by atoms with E-state index >= 15 is 0 Å². The van der Waals surface area contributed by atoms with Crippen LogP contribution in [0, 0.1) is 0 Å². The van der Waals surface area contributed by atoms with E-state index in [1.54, 1.807) is 7.11 Å². The molecule has 0 fully saturated rings. The molecule has 1 aliphatic rings. The molecule has 3 nitrogen and oxygen atoms in total. The third kappa shape index (κ3) is 1.27. The number of para-hydroxylation sites is 1. The molecule has 98 valence electrons. The fourth-order valence-electron chi connectivity index (χ4n) is 2.87. The van der Waals surface area contributed by atoms with Gasteiger partial charge in [0.05, 0.1) is 28.4 Å². The van der Waals surface area contributed by atoms with Crippen LogP contribution in [0.3, 0.4) is 0 Å². The summed E-state index contributed by atoms with van der Waals surface area (Å²) in [4.78, 5) is 12.7. The van der Waals surface area contributed by atoms with Crippen LogP contribution in [0.4, 0.5) is 0 Å². The number of nitrogens with zero attached hydrogens (tertiary/aromatic N) is 1. The highest BCUT2D eigenvalue weighted by atomic mass is 79.9. The van der Waals surface area contributed by atoms with Crippen LogP contribution in [-0.4, -0.2) is 17.5 Å². The summed E-state index contributed by atoms with van der Waals surface area (Å²) in [7, 11) is 1.59. The van der Waals surface area contributed by atoms with Gasteiger partial charge >= 0.3 is 0 Å². The molecule has 0 atom stereocenters. The molecule has 0 bridgehead atoms. The van der Waals surface area contributed by atoms with Crippen molar-refractivity contribution in [3.05, 3.63) is 58.2 Å². The van der Waals surface area contributed by atoms with Gasteiger partial charge in [-0.15, -0.1) is 0 Å². The third-order valence-electron chi connectivity index (χ3n) is 3.72. The predicted molar refractivity (Wildman–Crippen MR) is 81.0 cm³/mol. The zero-order valence-corrected chi connectivity index (χ0v) is 12.3. The zero-order valence-electron chi connectivity index (χ0n) is 10.7. The van der Waals surface area contributed by atoms with Crippen molar-refractivity contribution in [2.75, 3.05) is 7.11 Å². The van der Waals surface area contributed by atoms with E-state index in [-0.39, 0.29) is 5.78 Å². The van der Waals surface area contributed by atoms with Crippen molar-refractivity contribution in [1.82, 2.24) is 4.57 Å². The Morgan fingerprint density at radius 1 is 1.10 bits per heavy atom. The van der Waals surface area contributed by atoms with Crippen molar-refractivity contribution < 1.29 is 9.53 Å². The molecule has 0 aliphatic carbocycles. The summed E-state index contributed by atoms with van der Waals surface area (Å²) in [6.07, 6.45) is 0. The first-order valence-electron chi connectivity index (χ1n) is 6.25. The number of halogens is 1. The number of methoxy groups -OCH3 is 1. The quantitative estimate of drug-likeness (QED) is 0.530. The maximum Gasteiger partial charge on any atom is 0.216 e. The van der Waals surface area contributed by atoms with Gasteiger partial charge in [-0.1, -0.05) is 24.3 Å². The Bertz CT molecular complexity index is 880. The number of benzene rings is 2. The minimum atomic E-state index is 0.000486. The molecule has 0 unspecified atom stereocenters. The second-order valence-corrected chi connectivity index (χ2v) is 5.49. The molecule has 0 radical (unpaired) electrons. The summed E-state index contributed by atoms with van der Waals surface area (Å²) >= 11 is 3.57. The highest BCUT2D eigenvalue weighted by Gasteiger charge is 2.34. The Labute approximate surface area is 123 Å². The van der Waals surface area contributed by atoms with E-state index in [0.717, 1.165) is 21.1 Å². The molecular formula is C16H10BrNO2. The van der Waals surface area contributed by atoms with Crippen LogP contribution >= 0.6 is 15.9 Å². The molecule has 3 aromatic rings. The zero-order chi connectivity index (χ0) is 13.9. The van der Waals surface area contributed by atoms with Crippen LogP contribution in [0.2, 0.25) is 0 Å². The van der Waals surface area contributed by atoms with E-state index in [1.807, 2.05) is 47.0 Å². The molecule has 1 aromatic heterocycles. The van der Waals surface area contributed by atoms with Crippen molar-refractivity contribution in [2.24, 2.45) is 0 Å². The maximum absolute atomic E-state index is 12.7. The molecule has 4 heteroatoms. The summed E-state index contributed by atoms with van der Waals surface area (Å²) in [6.45, 7) is 0. The third-order valence-corrected chi connectivity index (χ3v) is 4.52. The number of carbonyl (C=O) groups excluding carboxylic acids is 1. The Morgan fingerprint density at radius 2 is 1.90 bits per heavy atom. The van der Waals surface area contributed by atoms with Crippen molar-refractivity contribution in [2.45, 2.75) is 0 Å². The molecule has 4 rings (SSSR count). The number of rotatable bonds is 1. The van der Waals surface area contributed by atoms with Gasteiger partial charge in [0.2, 0.25) is 5.78 Å². The lowest BCUT2D eigenvalue weighted by molar-refractivity contribution is 0.103. The van der Waals surface area contributed by atoms with Crippen LogP contribution in [0.15, 0.2) is 46.9 Å². The molecule has 0 saturated carbocycles. The Balaban J connectivity index is 2.19. The van der Waals surface area contributed by atoms with Gasteiger partial charge in [0.15, 0.2) is 0 Å². The van der Waals surface area contributed by atoms with Gasteiger partial charge in [0.25, 0.3) is 0 Å². The Hall–Kier alpha value is -2.07. The molecule has 0 spiro atoms. The molecule has 1 aliphatic heterocycles. The molecule has 0 N–H and O–H groups in total. The van der Waals surface area contributed by atoms with Crippen molar-refractivity contribution >= 4 is 32.6 Å². The van der Waals surface area contributed by atoms with Crippen molar-refractivity contribution in [3.8, 4) is 11.4 Å². The maximum atomic E-state index is 12.7. The molecule has 2 aromatic carbocycles. The first kappa shape index (κ1) is 11.7. The van der Waals surface area contributed by atoms with Crippen LogP contribution in [0.5, 0.6) is 5.75 Å². The van der Waals surface area contributed by atoms with Gasteiger partial charge in [-0.05, 0) is 34.1 Å². The lowest BCUT2D eigenvalue weighted by Crippen LogP contribution is -1.99. The smallest absolute Gasteiger partial charge is 0.216 e. The fourth-order valence-corrected chi connectivity index (χ4v) is 3.57. The lowest BCUT2D eigenvalue weighted by atomic mass is 10.1. The molecular weight excluding hydrogens is 318 g/mol. The average molecular weight is 328 g/mol. The molecule has 0 amide bonds. The van der Waals surface area contributed by atoms with E-state index in [4.69, 9.17) is 4.74 Å². The Kier molecular flexibility index (Phi) is 2.32. The minimum Gasteiger partial charge on any atom is -0.496 e. The number of ether oxygens (including phenoxy) is 1. The lowest BCUT2D eigenvalue weighted by Gasteiger charge is -2.07. The summed E-state index contributed by atoms with van der Waals surface area (Å²) in [5, 5.41) is 1.05. The van der Waals surface area contributed by atoms with Crippen LogP contribution < -0.4 is 4.74 Å². The predicted octanol–water partition coefficient (Wildman–Crippen LogP) is 3.95. The first-order valence-corrected chi connectivity index (χ1v) is 7.04. The summed E-state index contributed by atoms with van der Waals surface area (Å²) in [5.74, 6) is 0.618. The number of carbonyl (C=O) groups is 1. The largest absolute Gasteiger partial charge is 0.496 e. The van der Waals surface area contributed by atoms with E-state index in [0.29, 0.717) is 17.0 Å². The Morgan fingerprint density at radius 3 is 2.70 bits per heavy atom.